The summed E-state index contributed by atoms with van der Waals surface area (Å²) in [5, 5.41) is 4.65. The lowest BCUT2D eigenvalue weighted by Crippen LogP contribution is -2.12. The van der Waals surface area contributed by atoms with Crippen LogP contribution in [-0.2, 0) is 0 Å². The molecule has 0 spiro atoms. The lowest BCUT2D eigenvalue weighted by molar-refractivity contribution is 0.103. The number of carbonyl (C=O) groups excluding carboxylic acids is 1. The molecule has 1 amide bonds. The molecule has 1 aromatic carbocycles. The first-order valence-electron chi connectivity index (χ1n) is 5.29. The Kier molecular flexibility index (Phi) is 3.15. The molecule has 4 heteroatoms. The van der Waals surface area contributed by atoms with Crippen molar-refractivity contribution in [3.8, 4) is 0 Å². The number of nitrogens with two attached hydrogens (primary N) is 1. The smallest absolute Gasteiger partial charge is 0.267 e. The predicted molar refractivity (Wildman–Crippen MR) is 72.6 cm³/mol. The number of nitrogen functional groups attached to an aromatic ring is 1. The third kappa shape index (κ3) is 2.47. The Balaban J connectivity index is 2.19. The van der Waals surface area contributed by atoms with Crippen LogP contribution >= 0.6 is 11.3 Å². The SMILES string of the molecule is Cc1ccc(NC(=O)c2sccc2N)cc1C. The second-order valence-electron chi connectivity index (χ2n) is 3.96. The van der Waals surface area contributed by atoms with Crippen molar-refractivity contribution in [2.75, 3.05) is 11.1 Å². The first kappa shape index (κ1) is 11.7. The molecule has 0 radical (unpaired) electrons. The van der Waals surface area contributed by atoms with Crippen molar-refractivity contribution < 1.29 is 4.79 Å². The number of aryl methyl sites for hydroxylation is 2. The maximum absolute atomic E-state index is 11.9. The van der Waals surface area contributed by atoms with Crippen LogP contribution in [0, 0.1) is 13.8 Å². The molecule has 0 bridgehead atoms. The molecular weight excluding hydrogens is 232 g/mol. The second-order valence-corrected chi connectivity index (χ2v) is 4.87. The Labute approximate surface area is 104 Å². The molecule has 0 atom stereocenters. The Hall–Kier alpha value is -1.81. The molecule has 17 heavy (non-hydrogen) atoms. The molecule has 0 aliphatic rings. The van der Waals surface area contributed by atoms with E-state index in [1.165, 1.54) is 16.9 Å². The molecule has 0 fully saturated rings. The fraction of sp³-hybridized carbons (Fsp3) is 0.154. The maximum atomic E-state index is 11.9. The zero-order valence-electron chi connectivity index (χ0n) is 9.78. The van der Waals surface area contributed by atoms with Gasteiger partial charge < -0.3 is 11.1 Å². The number of rotatable bonds is 2. The summed E-state index contributed by atoms with van der Waals surface area (Å²) in [6.07, 6.45) is 0. The van der Waals surface area contributed by atoms with Gasteiger partial charge in [0.1, 0.15) is 4.88 Å². The van der Waals surface area contributed by atoms with Gasteiger partial charge in [-0.05, 0) is 48.6 Å². The summed E-state index contributed by atoms with van der Waals surface area (Å²) < 4.78 is 0. The lowest BCUT2D eigenvalue weighted by Gasteiger charge is -2.07. The molecular formula is C13H14N2OS. The predicted octanol–water partition coefficient (Wildman–Crippen LogP) is 3.20. The van der Waals surface area contributed by atoms with E-state index in [1.807, 2.05) is 37.4 Å². The van der Waals surface area contributed by atoms with Crippen LogP contribution in [0.3, 0.4) is 0 Å². The molecule has 0 saturated heterocycles. The minimum atomic E-state index is -0.152. The molecule has 3 nitrogen and oxygen atoms in total. The largest absolute Gasteiger partial charge is 0.397 e. The van der Waals surface area contributed by atoms with Crippen molar-refractivity contribution >= 4 is 28.6 Å². The third-order valence-electron chi connectivity index (χ3n) is 2.67. The van der Waals surface area contributed by atoms with Crippen LogP contribution in [-0.4, -0.2) is 5.91 Å². The normalized spacial score (nSPS) is 10.2. The molecule has 0 aliphatic heterocycles. The van der Waals surface area contributed by atoms with Crippen LogP contribution in [0.2, 0.25) is 0 Å². The minimum absolute atomic E-state index is 0.152. The van der Waals surface area contributed by atoms with Gasteiger partial charge in [0.25, 0.3) is 5.91 Å². The fourth-order valence-corrected chi connectivity index (χ4v) is 2.22. The Morgan fingerprint density at radius 2 is 2.00 bits per heavy atom. The highest BCUT2D eigenvalue weighted by atomic mass is 32.1. The third-order valence-corrected chi connectivity index (χ3v) is 3.60. The molecule has 2 rings (SSSR count). The van der Waals surface area contributed by atoms with Crippen LogP contribution in [0.1, 0.15) is 20.8 Å². The zero-order chi connectivity index (χ0) is 12.4. The van der Waals surface area contributed by atoms with Crippen LogP contribution in [0.5, 0.6) is 0 Å². The Bertz CT molecular complexity index is 560. The number of amides is 1. The average Bonchev–Trinajstić information content (AvgIpc) is 2.70. The number of hydrogen-bond donors (Lipinski definition) is 2. The van der Waals surface area contributed by atoms with E-state index < -0.39 is 0 Å². The standard InChI is InChI=1S/C13H14N2OS/c1-8-3-4-10(7-9(8)2)15-13(16)12-11(14)5-6-17-12/h3-7H,14H2,1-2H3,(H,15,16). The van der Waals surface area contributed by atoms with Crippen LogP contribution in [0.25, 0.3) is 0 Å². The molecule has 0 saturated carbocycles. The number of nitrogens with one attached hydrogen (secondary N) is 1. The van der Waals surface area contributed by atoms with E-state index in [0.29, 0.717) is 10.6 Å². The zero-order valence-corrected chi connectivity index (χ0v) is 10.6. The van der Waals surface area contributed by atoms with E-state index in [1.54, 1.807) is 6.07 Å². The van der Waals surface area contributed by atoms with Gasteiger partial charge in [0.15, 0.2) is 0 Å². The summed E-state index contributed by atoms with van der Waals surface area (Å²) in [6, 6.07) is 7.57. The van der Waals surface area contributed by atoms with E-state index in [9.17, 15) is 4.79 Å². The average molecular weight is 246 g/mol. The van der Waals surface area contributed by atoms with E-state index >= 15 is 0 Å². The summed E-state index contributed by atoms with van der Waals surface area (Å²) in [4.78, 5) is 12.5. The van der Waals surface area contributed by atoms with Crippen molar-refractivity contribution in [3.05, 3.63) is 45.6 Å². The summed E-state index contributed by atoms with van der Waals surface area (Å²) in [7, 11) is 0. The van der Waals surface area contributed by atoms with Gasteiger partial charge in [0.2, 0.25) is 0 Å². The fourth-order valence-electron chi connectivity index (χ4n) is 1.51. The summed E-state index contributed by atoms with van der Waals surface area (Å²) in [6.45, 7) is 4.06. The highest BCUT2D eigenvalue weighted by Gasteiger charge is 2.11. The number of hydrogen-bond acceptors (Lipinski definition) is 3. The molecule has 2 aromatic rings. The number of thiophene rings is 1. The minimum Gasteiger partial charge on any atom is -0.397 e. The van der Waals surface area contributed by atoms with E-state index in [2.05, 4.69) is 5.32 Å². The quantitative estimate of drug-likeness (QED) is 0.855. The van der Waals surface area contributed by atoms with Crippen molar-refractivity contribution in [2.45, 2.75) is 13.8 Å². The monoisotopic (exact) mass is 246 g/mol. The maximum Gasteiger partial charge on any atom is 0.267 e. The summed E-state index contributed by atoms with van der Waals surface area (Å²) >= 11 is 1.35. The van der Waals surface area contributed by atoms with E-state index in [0.717, 1.165) is 11.3 Å². The van der Waals surface area contributed by atoms with Crippen molar-refractivity contribution in [2.24, 2.45) is 0 Å². The Morgan fingerprint density at radius 1 is 1.24 bits per heavy atom. The molecule has 0 unspecified atom stereocenters. The van der Waals surface area contributed by atoms with Crippen molar-refractivity contribution in [1.29, 1.82) is 0 Å². The Morgan fingerprint density at radius 3 is 2.59 bits per heavy atom. The number of carbonyl (C=O) groups is 1. The summed E-state index contributed by atoms with van der Waals surface area (Å²) in [5.41, 5.74) is 9.38. The van der Waals surface area contributed by atoms with Gasteiger partial charge in [0.05, 0.1) is 5.69 Å². The topological polar surface area (TPSA) is 55.1 Å². The van der Waals surface area contributed by atoms with E-state index in [-0.39, 0.29) is 5.91 Å². The van der Waals surface area contributed by atoms with Crippen molar-refractivity contribution in [1.82, 2.24) is 0 Å². The lowest BCUT2D eigenvalue weighted by atomic mass is 10.1. The van der Waals surface area contributed by atoms with Gasteiger partial charge in [-0.15, -0.1) is 11.3 Å². The van der Waals surface area contributed by atoms with E-state index in [4.69, 9.17) is 5.73 Å². The van der Waals surface area contributed by atoms with Gasteiger partial charge in [-0.3, -0.25) is 4.79 Å². The second kappa shape index (κ2) is 4.59. The van der Waals surface area contributed by atoms with Gasteiger partial charge in [-0.2, -0.15) is 0 Å². The molecule has 1 aromatic heterocycles. The number of anilines is 2. The molecule has 3 N–H and O–H groups in total. The van der Waals surface area contributed by atoms with Gasteiger partial charge in [-0.1, -0.05) is 6.07 Å². The highest BCUT2D eigenvalue weighted by molar-refractivity contribution is 7.12. The first-order chi connectivity index (χ1) is 8.08. The number of benzene rings is 1. The molecule has 1 heterocycles. The molecule has 0 aliphatic carbocycles. The van der Waals surface area contributed by atoms with Gasteiger partial charge >= 0.3 is 0 Å². The van der Waals surface area contributed by atoms with Gasteiger partial charge in [0, 0.05) is 5.69 Å². The molecule has 88 valence electrons. The summed E-state index contributed by atoms with van der Waals surface area (Å²) in [5.74, 6) is -0.152. The van der Waals surface area contributed by atoms with Gasteiger partial charge in [-0.25, -0.2) is 0 Å². The van der Waals surface area contributed by atoms with Crippen LogP contribution < -0.4 is 11.1 Å². The van der Waals surface area contributed by atoms with Crippen LogP contribution in [0.4, 0.5) is 11.4 Å². The van der Waals surface area contributed by atoms with Crippen molar-refractivity contribution in [3.63, 3.8) is 0 Å². The van der Waals surface area contributed by atoms with Crippen LogP contribution in [0.15, 0.2) is 29.6 Å². The highest BCUT2D eigenvalue weighted by Crippen LogP contribution is 2.21. The first-order valence-corrected chi connectivity index (χ1v) is 6.17.